The Morgan fingerprint density at radius 3 is 2.57 bits per heavy atom. The van der Waals surface area contributed by atoms with Crippen molar-refractivity contribution in [2.75, 3.05) is 19.8 Å². The lowest BCUT2D eigenvalue weighted by molar-refractivity contribution is 0.0457. The van der Waals surface area contributed by atoms with Gasteiger partial charge in [0.05, 0.1) is 43.0 Å². The van der Waals surface area contributed by atoms with Crippen LogP contribution in [0.4, 0.5) is 0 Å². The molecule has 7 heteroatoms. The summed E-state index contributed by atoms with van der Waals surface area (Å²) in [5.74, 6) is -0.0809. The first-order valence-corrected chi connectivity index (χ1v) is 14.5. The van der Waals surface area contributed by atoms with E-state index in [1.54, 1.807) is 6.07 Å². The second-order valence-electron chi connectivity index (χ2n) is 11.0. The Balaban J connectivity index is 1.42. The maximum Gasteiger partial charge on any atom is 0.254 e. The molecule has 0 spiro atoms. The number of carbonyl (C=O) groups excluding carboxylic acids is 1. The summed E-state index contributed by atoms with van der Waals surface area (Å²) in [6, 6.07) is 32.6. The van der Waals surface area contributed by atoms with Crippen molar-refractivity contribution in [1.82, 2.24) is 4.90 Å². The number of nitriles is 1. The van der Waals surface area contributed by atoms with Gasteiger partial charge < -0.3 is 20.5 Å². The van der Waals surface area contributed by atoms with Gasteiger partial charge in [0.25, 0.3) is 5.91 Å². The average Bonchev–Trinajstić information content (AvgIpc) is 3.51. The van der Waals surface area contributed by atoms with Gasteiger partial charge in [0, 0.05) is 17.1 Å². The van der Waals surface area contributed by atoms with Crippen LogP contribution in [0.1, 0.15) is 51.5 Å². The van der Waals surface area contributed by atoms with Crippen molar-refractivity contribution in [2.24, 2.45) is 5.73 Å². The van der Waals surface area contributed by atoms with Crippen LogP contribution in [0.3, 0.4) is 0 Å². The Kier molecular flexibility index (Phi) is 9.36. The number of amides is 1. The third-order valence-corrected chi connectivity index (χ3v) is 7.95. The number of hydrogen-bond acceptors (Lipinski definition) is 5. The van der Waals surface area contributed by atoms with E-state index in [1.807, 2.05) is 95.9 Å². The monoisotopic (exact) mass is 579 g/mol. The van der Waals surface area contributed by atoms with Crippen LogP contribution in [-0.2, 0) is 17.8 Å². The van der Waals surface area contributed by atoms with Crippen LogP contribution in [0, 0.1) is 11.3 Å². The van der Waals surface area contributed by atoms with Gasteiger partial charge in [0.15, 0.2) is 0 Å². The minimum absolute atomic E-state index is 0.0636. The molecule has 0 radical (unpaired) electrons. The van der Waals surface area contributed by atoms with Crippen LogP contribution >= 0.6 is 11.6 Å². The fourth-order valence-corrected chi connectivity index (χ4v) is 5.85. The lowest BCUT2D eigenvalue weighted by Gasteiger charge is -2.27. The van der Waals surface area contributed by atoms with E-state index in [9.17, 15) is 15.2 Å². The number of ether oxygens (including phenoxy) is 1. The Morgan fingerprint density at radius 2 is 1.81 bits per heavy atom. The zero-order chi connectivity index (χ0) is 29.5. The van der Waals surface area contributed by atoms with Crippen molar-refractivity contribution in [3.05, 3.63) is 130 Å². The highest BCUT2D eigenvalue weighted by molar-refractivity contribution is 6.30. The highest BCUT2D eigenvalue weighted by Crippen LogP contribution is 2.35. The van der Waals surface area contributed by atoms with Crippen molar-refractivity contribution in [3.8, 4) is 17.2 Å². The molecule has 2 atom stereocenters. The molecular weight excluding hydrogens is 546 g/mol. The van der Waals surface area contributed by atoms with E-state index in [0.717, 1.165) is 40.7 Å². The minimum Gasteiger partial charge on any atom is -0.394 e. The molecule has 214 valence electrons. The SMILES string of the molecule is N#Cc1ccccc1-c1cc(COCC(N)(CO)Cc2ccccc2)cc(C(=O)N2CCCC2c2cccc(Cl)c2)c1. The number of aliphatic hydroxyl groups excluding tert-OH is 1. The molecule has 1 aliphatic rings. The molecule has 2 unspecified atom stereocenters. The van der Waals surface area contributed by atoms with Gasteiger partial charge in [-0.3, -0.25) is 4.79 Å². The summed E-state index contributed by atoms with van der Waals surface area (Å²) < 4.78 is 6.07. The summed E-state index contributed by atoms with van der Waals surface area (Å²) in [4.78, 5) is 15.9. The minimum atomic E-state index is -0.954. The van der Waals surface area contributed by atoms with Crippen LogP contribution < -0.4 is 5.73 Å². The number of halogens is 1. The topological polar surface area (TPSA) is 99.6 Å². The van der Waals surface area contributed by atoms with Crippen LogP contribution in [0.25, 0.3) is 11.1 Å². The number of hydrogen-bond donors (Lipinski definition) is 2. The van der Waals surface area contributed by atoms with Crippen molar-refractivity contribution in [3.63, 3.8) is 0 Å². The zero-order valence-electron chi connectivity index (χ0n) is 23.4. The molecule has 1 heterocycles. The highest BCUT2D eigenvalue weighted by atomic mass is 35.5. The van der Waals surface area contributed by atoms with Gasteiger partial charge >= 0.3 is 0 Å². The van der Waals surface area contributed by atoms with Gasteiger partial charge in [0.2, 0.25) is 0 Å². The molecule has 5 rings (SSSR count). The average molecular weight is 580 g/mol. The smallest absolute Gasteiger partial charge is 0.254 e. The van der Waals surface area contributed by atoms with E-state index in [4.69, 9.17) is 22.1 Å². The number of likely N-dealkylation sites (tertiary alicyclic amines) is 1. The Labute approximate surface area is 251 Å². The molecule has 4 aromatic carbocycles. The first-order valence-electron chi connectivity index (χ1n) is 14.1. The predicted octanol–water partition coefficient (Wildman–Crippen LogP) is 6.31. The molecule has 3 N–H and O–H groups in total. The van der Waals surface area contributed by atoms with Crippen LogP contribution in [0.2, 0.25) is 5.02 Å². The van der Waals surface area contributed by atoms with Crippen LogP contribution in [0.5, 0.6) is 0 Å². The second kappa shape index (κ2) is 13.3. The molecule has 1 aliphatic heterocycles. The molecule has 0 aliphatic carbocycles. The molecule has 0 bridgehead atoms. The lowest BCUT2D eigenvalue weighted by Crippen LogP contribution is -2.50. The standard InChI is InChI=1S/C35H34ClN3O3/c36-31-12-6-11-27(19-31)33-14-7-15-39(33)34(41)30-17-26(16-29(18-30)32-13-5-4-10-28(32)21-37)22-42-24-35(38,23-40)20-25-8-2-1-3-9-25/h1-6,8-13,16-19,33,40H,7,14-15,20,22-24,38H2. The Hall–Kier alpha value is -3.99. The second-order valence-corrected chi connectivity index (χ2v) is 11.4. The van der Waals surface area contributed by atoms with Gasteiger partial charge in [-0.05, 0) is 83.5 Å². The fraction of sp³-hybridized carbons (Fsp3) is 0.257. The quantitative estimate of drug-likeness (QED) is 0.229. The van der Waals surface area contributed by atoms with Crippen molar-refractivity contribution in [1.29, 1.82) is 5.26 Å². The van der Waals surface area contributed by atoms with E-state index in [-0.39, 0.29) is 31.8 Å². The normalized spacial score (nSPS) is 16.1. The number of nitrogens with zero attached hydrogens (tertiary/aromatic N) is 2. The van der Waals surface area contributed by atoms with Gasteiger partial charge in [-0.2, -0.15) is 5.26 Å². The van der Waals surface area contributed by atoms with Crippen molar-refractivity contribution in [2.45, 2.75) is 37.5 Å². The number of benzene rings is 4. The molecule has 4 aromatic rings. The molecule has 1 fully saturated rings. The van der Waals surface area contributed by atoms with Gasteiger partial charge in [-0.25, -0.2) is 0 Å². The number of aliphatic hydroxyl groups is 1. The first kappa shape index (κ1) is 29.5. The van der Waals surface area contributed by atoms with Gasteiger partial charge in [-0.1, -0.05) is 72.3 Å². The van der Waals surface area contributed by atoms with Gasteiger partial charge in [-0.15, -0.1) is 0 Å². The summed E-state index contributed by atoms with van der Waals surface area (Å²) in [6.45, 7) is 0.728. The largest absolute Gasteiger partial charge is 0.394 e. The summed E-state index contributed by atoms with van der Waals surface area (Å²) in [7, 11) is 0. The van der Waals surface area contributed by atoms with E-state index < -0.39 is 5.54 Å². The highest BCUT2D eigenvalue weighted by Gasteiger charge is 2.31. The summed E-state index contributed by atoms with van der Waals surface area (Å²) in [5.41, 5.74) is 10.9. The third-order valence-electron chi connectivity index (χ3n) is 7.72. The lowest BCUT2D eigenvalue weighted by atomic mass is 9.93. The molecule has 1 amide bonds. The Bertz CT molecular complexity index is 1590. The van der Waals surface area contributed by atoms with Crippen molar-refractivity contribution < 1.29 is 14.6 Å². The molecule has 1 saturated heterocycles. The maximum absolute atomic E-state index is 14.0. The van der Waals surface area contributed by atoms with Crippen LogP contribution in [-0.4, -0.2) is 41.2 Å². The van der Waals surface area contributed by atoms with E-state index in [2.05, 4.69) is 6.07 Å². The summed E-state index contributed by atoms with van der Waals surface area (Å²) in [5, 5.41) is 20.5. The molecule has 0 aromatic heterocycles. The zero-order valence-corrected chi connectivity index (χ0v) is 24.1. The summed E-state index contributed by atoms with van der Waals surface area (Å²) >= 11 is 6.27. The maximum atomic E-state index is 14.0. The Morgan fingerprint density at radius 1 is 1.02 bits per heavy atom. The first-order chi connectivity index (χ1) is 20.4. The van der Waals surface area contributed by atoms with Gasteiger partial charge in [0.1, 0.15) is 0 Å². The van der Waals surface area contributed by atoms with E-state index in [1.165, 1.54) is 0 Å². The van der Waals surface area contributed by atoms with Crippen LogP contribution in [0.15, 0.2) is 97.1 Å². The predicted molar refractivity (Wildman–Crippen MR) is 165 cm³/mol. The number of rotatable bonds is 10. The molecule has 6 nitrogen and oxygen atoms in total. The van der Waals surface area contributed by atoms with E-state index >= 15 is 0 Å². The molecule has 42 heavy (non-hydrogen) atoms. The molecular formula is C35H34ClN3O3. The number of nitrogens with two attached hydrogens (primary N) is 1. The fourth-order valence-electron chi connectivity index (χ4n) is 5.65. The third kappa shape index (κ3) is 6.89. The molecule has 0 saturated carbocycles. The van der Waals surface area contributed by atoms with Crippen molar-refractivity contribution >= 4 is 17.5 Å². The summed E-state index contributed by atoms with van der Waals surface area (Å²) in [6.07, 6.45) is 2.22. The van der Waals surface area contributed by atoms with E-state index in [0.29, 0.717) is 29.1 Å². The number of carbonyl (C=O) groups is 1.